The maximum Gasteiger partial charge on any atom is 0.274 e. The molecule has 0 unspecified atom stereocenters. The lowest BCUT2D eigenvalue weighted by Gasteiger charge is -2.02. The molecule has 0 saturated heterocycles. The van der Waals surface area contributed by atoms with Crippen molar-refractivity contribution in [1.29, 1.82) is 5.26 Å². The SMILES string of the molecule is C[C@H](C#N)NC(=O)c1coc(-c2ccc(Br)cc2F)n1. The number of rotatable bonds is 3. The van der Waals surface area contributed by atoms with Crippen molar-refractivity contribution >= 4 is 21.8 Å². The molecule has 5 nitrogen and oxygen atoms in total. The summed E-state index contributed by atoms with van der Waals surface area (Å²) < 4.78 is 19.4. The Labute approximate surface area is 122 Å². The molecule has 2 aromatic rings. The Morgan fingerprint density at radius 3 is 3.00 bits per heavy atom. The normalized spacial score (nSPS) is 11.7. The minimum atomic E-state index is -0.646. The number of nitrogens with one attached hydrogen (secondary N) is 1. The van der Waals surface area contributed by atoms with Gasteiger partial charge in [-0.15, -0.1) is 0 Å². The highest BCUT2D eigenvalue weighted by Gasteiger charge is 2.17. The van der Waals surface area contributed by atoms with Crippen LogP contribution in [-0.4, -0.2) is 16.9 Å². The van der Waals surface area contributed by atoms with E-state index in [0.717, 1.165) is 6.26 Å². The zero-order chi connectivity index (χ0) is 14.7. The second-order valence-electron chi connectivity index (χ2n) is 3.99. The number of nitrogens with zero attached hydrogens (tertiary/aromatic N) is 2. The quantitative estimate of drug-likeness (QED) is 0.933. The summed E-state index contributed by atoms with van der Waals surface area (Å²) in [7, 11) is 0. The van der Waals surface area contributed by atoms with Gasteiger partial charge in [-0.25, -0.2) is 9.37 Å². The lowest BCUT2D eigenvalue weighted by molar-refractivity contribution is 0.0943. The number of oxazole rings is 1. The molecule has 0 aliphatic carbocycles. The fourth-order valence-electron chi connectivity index (χ4n) is 1.47. The summed E-state index contributed by atoms with van der Waals surface area (Å²) in [6.07, 6.45) is 1.12. The maximum absolute atomic E-state index is 13.7. The van der Waals surface area contributed by atoms with Gasteiger partial charge >= 0.3 is 0 Å². The van der Waals surface area contributed by atoms with Crippen LogP contribution in [0.4, 0.5) is 4.39 Å². The molecule has 7 heteroatoms. The third-order valence-electron chi connectivity index (χ3n) is 2.44. The highest BCUT2D eigenvalue weighted by Crippen LogP contribution is 2.24. The average Bonchev–Trinajstić information content (AvgIpc) is 2.88. The molecule has 0 radical (unpaired) electrons. The zero-order valence-corrected chi connectivity index (χ0v) is 11.9. The Morgan fingerprint density at radius 2 is 2.35 bits per heavy atom. The van der Waals surface area contributed by atoms with E-state index in [4.69, 9.17) is 9.68 Å². The molecule has 1 amide bonds. The minimum Gasteiger partial charge on any atom is -0.444 e. The van der Waals surface area contributed by atoms with Crippen LogP contribution in [-0.2, 0) is 0 Å². The number of benzene rings is 1. The molecule has 20 heavy (non-hydrogen) atoms. The van der Waals surface area contributed by atoms with Crippen molar-refractivity contribution in [2.24, 2.45) is 0 Å². The van der Waals surface area contributed by atoms with Crippen LogP contribution in [0.1, 0.15) is 17.4 Å². The minimum absolute atomic E-state index is 0.00441. The van der Waals surface area contributed by atoms with E-state index in [9.17, 15) is 9.18 Å². The molecule has 0 spiro atoms. The number of nitriles is 1. The number of amides is 1. The smallest absolute Gasteiger partial charge is 0.274 e. The average molecular weight is 338 g/mol. The summed E-state index contributed by atoms with van der Waals surface area (Å²) >= 11 is 3.15. The number of carbonyl (C=O) groups is 1. The van der Waals surface area contributed by atoms with Gasteiger partial charge in [-0.05, 0) is 25.1 Å². The molecule has 2 rings (SSSR count). The Kier molecular flexibility index (Phi) is 4.15. The van der Waals surface area contributed by atoms with Gasteiger partial charge in [-0.2, -0.15) is 5.26 Å². The van der Waals surface area contributed by atoms with Crippen LogP contribution in [0.15, 0.2) is 33.4 Å². The van der Waals surface area contributed by atoms with E-state index < -0.39 is 17.8 Å². The van der Waals surface area contributed by atoms with Crippen LogP contribution in [0.25, 0.3) is 11.5 Å². The molecule has 0 saturated carbocycles. The maximum atomic E-state index is 13.7. The summed E-state index contributed by atoms with van der Waals surface area (Å²) in [6.45, 7) is 1.54. The van der Waals surface area contributed by atoms with E-state index >= 15 is 0 Å². The second-order valence-corrected chi connectivity index (χ2v) is 4.90. The van der Waals surface area contributed by atoms with Crippen LogP contribution >= 0.6 is 15.9 Å². The van der Waals surface area contributed by atoms with E-state index in [-0.39, 0.29) is 17.1 Å². The standard InChI is InChI=1S/C13H9BrFN3O2/c1-7(5-16)17-12(19)11-6-20-13(18-11)9-3-2-8(14)4-10(9)15/h2-4,6-7H,1H3,(H,17,19)/t7-/m1/s1. The fourth-order valence-corrected chi connectivity index (χ4v) is 1.80. The molecule has 0 aliphatic heterocycles. The van der Waals surface area contributed by atoms with Crippen molar-refractivity contribution < 1.29 is 13.6 Å². The summed E-state index contributed by atoms with van der Waals surface area (Å²) in [5.74, 6) is -1.06. The van der Waals surface area contributed by atoms with Gasteiger partial charge in [-0.1, -0.05) is 15.9 Å². The first kappa shape index (κ1) is 14.2. The van der Waals surface area contributed by atoms with E-state index in [0.29, 0.717) is 4.47 Å². The summed E-state index contributed by atoms with van der Waals surface area (Å²) in [6, 6.07) is 5.62. The van der Waals surface area contributed by atoms with E-state index in [1.54, 1.807) is 6.07 Å². The van der Waals surface area contributed by atoms with Crippen LogP contribution in [0.5, 0.6) is 0 Å². The zero-order valence-electron chi connectivity index (χ0n) is 10.4. The Bertz CT molecular complexity index is 693. The summed E-state index contributed by atoms with van der Waals surface area (Å²) in [5, 5.41) is 11.0. The van der Waals surface area contributed by atoms with Crippen LogP contribution in [0, 0.1) is 17.1 Å². The van der Waals surface area contributed by atoms with Gasteiger partial charge in [0.25, 0.3) is 5.91 Å². The molecule has 0 bridgehead atoms. The van der Waals surface area contributed by atoms with Crippen LogP contribution in [0.2, 0.25) is 0 Å². The van der Waals surface area contributed by atoms with Gasteiger partial charge in [0.15, 0.2) is 5.69 Å². The van der Waals surface area contributed by atoms with Gasteiger partial charge in [0.05, 0.1) is 11.6 Å². The molecule has 0 aliphatic rings. The Hall–Kier alpha value is -2.20. The van der Waals surface area contributed by atoms with Gasteiger partial charge in [0.1, 0.15) is 18.1 Å². The lowest BCUT2D eigenvalue weighted by Crippen LogP contribution is -2.31. The van der Waals surface area contributed by atoms with Crippen molar-refractivity contribution in [2.45, 2.75) is 13.0 Å². The molecule has 102 valence electrons. The predicted octanol–water partition coefficient (Wildman–Crippen LogP) is 2.89. The third kappa shape index (κ3) is 3.03. The molecule has 1 aromatic carbocycles. The molecule has 1 heterocycles. The van der Waals surface area contributed by atoms with Crippen molar-refractivity contribution in [3.05, 3.63) is 40.4 Å². The van der Waals surface area contributed by atoms with Crippen molar-refractivity contribution in [3.63, 3.8) is 0 Å². The monoisotopic (exact) mass is 337 g/mol. The first-order valence-electron chi connectivity index (χ1n) is 5.62. The number of halogens is 2. The first-order chi connectivity index (χ1) is 9.51. The van der Waals surface area contributed by atoms with Gasteiger partial charge in [0.2, 0.25) is 5.89 Å². The molecule has 0 fully saturated rings. The first-order valence-corrected chi connectivity index (χ1v) is 6.42. The summed E-state index contributed by atoms with van der Waals surface area (Å²) in [5.41, 5.74) is 0.144. The fraction of sp³-hybridized carbons (Fsp3) is 0.154. The molecule has 1 N–H and O–H groups in total. The van der Waals surface area contributed by atoms with E-state index in [1.165, 1.54) is 19.1 Å². The van der Waals surface area contributed by atoms with E-state index in [1.807, 2.05) is 6.07 Å². The molecule has 1 aromatic heterocycles. The van der Waals surface area contributed by atoms with Gasteiger partial charge in [-0.3, -0.25) is 4.79 Å². The second kappa shape index (κ2) is 5.84. The van der Waals surface area contributed by atoms with Gasteiger partial charge < -0.3 is 9.73 Å². The number of hydrogen-bond acceptors (Lipinski definition) is 4. The topological polar surface area (TPSA) is 78.9 Å². The number of carbonyl (C=O) groups excluding carboxylic acids is 1. The third-order valence-corrected chi connectivity index (χ3v) is 2.93. The van der Waals surface area contributed by atoms with E-state index in [2.05, 4.69) is 26.2 Å². The predicted molar refractivity (Wildman–Crippen MR) is 72.1 cm³/mol. The number of aromatic nitrogens is 1. The lowest BCUT2D eigenvalue weighted by atomic mass is 10.2. The molecule has 1 atom stereocenters. The van der Waals surface area contributed by atoms with Crippen LogP contribution in [0.3, 0.4) is 0 Å². The highest BCUT2D eigenvalue weighted by molar-refractivity contribution is 9.10. The Balaban J connectivity index is 2.25. The highest BCUT2D eigenvalue weighted by atomic mass is 79.9. The largest absolute Gasteiger partial charge is 0.444 e. The molecular formula is C13H9BrFN3O2. The van der Waals surface area contributed by atoms with Crippen LogP contribution < -0.4 is 5.32 Å². The van der Waals surface area contributed by atoms with Gasteiger partial charge in [0, 0.05) is 4.47 Å². The summed E-state index contributed by atoms with van der Waals surface area (Å²) in [4.78, 5) is 15.6. The van der Waals surface area contributed by atoms with Crippen molar-refractivity contribution in [2.75, 3.05) is 0 Å². The molecular weight excluding hydrogens is 329 g/mol. The van der Waals surface area contributed by atoms with Crippen molar-refractivity contribution in [3.8, 4) is 17.5 Å². The number of hydrogen-bond donors (Lipinski definition) is 1. The Morgan fingerprint density at radius 1 is 1.60 bits per heavy atom. The van der Waals surface area contributed by atoms with Crippen molar-refractivity contribution in [1.82, 2.24) is 10.3 Å².